The summed E-state index contributed by atoms with van der Waals surface area (Å²) in [6.45, 7) is 2.25. The predicted octanol–water partition coefficient (Wildman–Crippen LogP) is 9.14. The van der Waals surface area contributed by atoms with Crippen molar-refractivity contribution in [3.05, 3.63) is 88.5 Å². The van der Waals surface area contributed by atoms with Crippen LogP contribution in [0.4, 0.5) is 8.78 Å². The Morgan fingerprint density at radius 3 is 2.33 bits per heavy atom. The second-order valence-corrected chi connectivity index (χ2v) is 15.4. The summed E-state index contributed by atoms with van der Waals surface area (Å²) in [5.41, 5.74) is 9.54. The first kappa shape index (κ1) is 35.1. The summed E-state index contributed by atoms with van der Waals surface area (Å²) in [5.74, 6) is -0.276. The average molecular weight is 744 g/mol. The lowest BCUT2D eigenvalue weighted by atomic mass is 9.77. The summed E-state index contributed by atoms with van der Waals surface area (Å²) in [4.78, 5) is 23.2. The third kappa shape index (κ3) is 6.51. The Morgan fingerprint density at radius 1 is 1.00 bits per heavy atom. The summed E-state index contributed by atoms with van der Waals surface area (Å²) in [6.07, 6.45) is 6.37. The van der Waals surface area contributed by atoms with E-state index in [4.69, 9.17) is 23.5 Å². The number of nitrogens with one attached hydrogen (secondary N) is 1. The molecule has 2 aromatic heterocycles. The van der Waals surface area contributed by atoms with Crippen LogP contribution in [0.1, 0.15) is 66.3 Å². The van der Waals surface area contributed by atoms with Crippen molar-refractivity contribution in [3.63, 3.8) is 0 Å². The number of rotatable bonds is 11. The van der Waals surface area contributed by atoms with Crippen molar-refractivity contribution < 1.29 is 32.3 Å². The van der Waals surface area contributed by atoms with Crippen LogP contribution < -0.4 is 10.1 Å². The molecule has 9 rings (SSSR count). The molecule has 3 fully saturated rings. The van der Waals surface area contributed by atoms with Gasteiger partial charge in [-0.3, -0.25) is 9.69 Å². The topological polar surface area (TPSA) is 138 Å². The zero-order chi connectivity index (χ0) is 38.0. The Balaban J connectivity index is 1.02. The van der Waals surface area contributed by atoms with Crippen molar-refractivity contribution in [1.82, 2.24) is 20.2 Å². The number of nitriles is 1. The third-order valence-corrected chi connectivity index (χ3v) is 11.8. The molecule has 1 spiro atoms. The number of oxazole rings is 2. The molecular formula is C43H39F2N5O5. The molecule has 0 radical (unpaired) electrons. The molecule has 0 amide bonds. The minimum atomic E-state index is -3.07. The van der Waals surface area contributed by atoms with Gasteiger partial charge in [-0.2, -0.15) is 14.0 Å². The maximum absolute atomic E-state index is 13.5. The lowest BCUT2D eigenvalue weighted by molar-refractivity contribution is -0.142. The highest BCUT2D eigenvalue weighted by Gasteiger charge is 2.52. The molecule has 280 valence electrons. The van der Waals surface area contributed by atoms with Gasteiger partial charge in [0.25, 0.3) is 0 Å². The zero-order valence-electron chi connectivity index (χ0n) is 30.5. The lowest BCUT2D eigenvalue weighted by Gasteiger charge is -2.36. The summed E-state index contributed by atoms with van der Waals surface area (Å²) < 4.78 is 44.4. The summed E-state index contributed by atoms with van der Waals surface area (Å²) in [7, 11) is 0. The van der Waals surface area contributed by atoms with Gasteiger partial charge in [-0.15, -0.1) is 0 Å². The van der Waals surface area contributed by atoms with E-state index in [-0.39, 0.29) is 17.9 Å². The number of carboxylic acid groups (broad SMARTS) is 1. The van der Waals surface area contributed by atoms with E-state index in [2.05, 4.69) is 11.4 Å². The molecule has 55 heavy (non-hydrogen) atoms. The number of hydrogen-bond donors (Lipinski definition) is 2. The van der Waals surface area contributed by atoms with Crippen LogP contribution in [0.3, 0.4) is 0 Å². The molecule has 3 aliphatic rings. The van der Waals surface area contributed by atoms with Crippen molar-refractivity contribution in [1.29, 1.82) is 5.26 Å². The van der Waals surface area contributed by atoms with Gasteiger partial charge < -0.3 is 24.0 Å². The molecule has 10 nitrogen and oxygen atoms in total. The fourth-order valence-electron chi connectivity index (χ4n) is 8.64. The van der Waals surface area contributed by atoms with Gasteiger partial charge in [0, 0.05) is 41.9 Å². The van der Waals surface area contributed by atoms with Gasteiger partial charge in [0.05, 0.1) is 5.56 Å². The largest absolute Gasteiger partial charge is 0.480 e. The SMILES string of the molecule is Cc1c(-c2nc3cc(CN4CCC[C@H]4C(=O)O)c(OC(F)F)cc3o2)cccc1-c1cccc(-c2nc3cc(CNC4CC5(CC5)C4)cc(C#N)c3o2)c1C. The van der Waals surface area contributed by atoms with E-state index in [1.54, 1.807) is 11.0 Å². The van der Waals surface area contributed by atoms with E-state index in [0.29, 0.717) is 76.9 Å². The number of ether oxygens (including phenoxy) is 1. The standard InChI is InChI=1S/C43H39F2N5O5/c1-23-29(6-3-8-31(23)39-48-33-16-27(22-50-13-5-10-35(50)41(51)52)36(54-42(44)45)17-37(33)53-39)30-7-4-9-32(24(30)2)40-49-34-15-25(14-26(20-46)38(34)55-40)21-47-28-18-43(19-28)11-12-43/h3-4,6-9,14-17,28,35,42,47H,5,10-13,18-19,21-22H2,1-2H3,(H,51,52)/t35-/m0/s1. The second-order valence-electron chi connectivity index (χ2n) is 15.4. The van der Waals surface area contributed by atoms with Crippen LogP contribution in [-0.2, 0) is 17.9 Å². The maximum atomic E-state index is 13.5. The Hall–Kier alpha value is -5.64. The summed E-state index contributed by atoms with van der Waals surface area (Å²) >= 11 is 0. The quantitative estimate of drug-likeness (QED) is 0.132. The molecule has 1 saturated heterocycles. The molecule has 6 aromatic rings. The van der Waals surface area contributed by atoms with Gasteiger partial charge in [0.1, 0.15) is 28.9 Å². The number of hydrogen-bond acceptors (Lipinski definition) is 9. The van der Waals surface area contributed by atoms with E-state index in [1.807, 2.05) is 62.4 Å². The minimum Gasteiger partial charge on any atom is -0.480 e. The maximum Gasteiger partial charge on any atom is 0.387 e. The van der Waals surface area contributed by atoms with Crippen LogP contribution in [0.5, 0.6) is 5.75 Å². The van der Waals surface area contributed by atoms with Gasteiger partial charge in [-0.1, -0.05) is 24.3 Å². The molecule has 0 bridgehead atoms. The van der Waals surface area contributed by atoms with E-state index in [1.165, 1.54) is 31.7 Å². The number of fused-ring (bicyclic) bond motifs is 2. The molecule has 2 aliphatic carbocycles. The number of likely N-dealkylation sites (tertiary alicyclic amines) is 1. The summed E-state index contributed by atoms with van der Waals surface area (Å²) in [5, 5.41) is 23.3. The molecule has 2 N–H and O–H groups in total. The Bertz CT molecular complexity index is 2520. The molecule has 2 saturated carbocycles. The molecule has 12 heteroatoms. The second kappa shape index (κ2) is 13.6. The number of aliphatic carboxylic acids is 1. The molecule has 1 aliphatic heterocycles. The van der Waals surface area contributed by atoms with Crippen molar-refractivity contribution >= 4 is 28.2 Å². The molecule has 3 heterocycles. The van der Waals surface area contributed by atoms with Gasteiger partial charge >= 0.3 is 12.6 Å². The zero-order valence-corrected chi connectivity index (χ0v) is 30.5. The van der Waals surface area contributed by atoms with E-state index in [0.717, 1.165) is 38.9 Å². The molecule has 4 aromatic carbocycles. The summed E-state index contributed by atoms with van der Waals surface area (Å²) in [6, 6.07) is 20.8. The number of benzene rings is 4. The van der Waals surface area contributed by atoms with Crippen LogP contribution in [0.25, 0.3) is 56.2 Å². The Morgan fingerprint density at radius 2 is 1.67 bits per heavy atom. The van der Waals surface area contributed by atoms with E-state index < -0.39 is 18.6 Å². The van der Waals surface area contributed by atoms with Crippen LogP contribution in [0.2, 0.25) is 0 Å². The van der Waals surface area contributed by atoms with Crippen LogP contribution in [0.15, 0.2) is 69.5 Å². The number of halogens is 2. The fraction of sp³-hybridized carbons (Fsp3) is 0.349. The lowest BCUT2D eigenvalue weighted by Crippen LogP contribution is -2.41. The first-order valence-electron chi connectivity index (χ1n) is 18.7. The first-order chi connectivity index (χ1) is 26.6. The molecule has 0 unspecified atom stereocenters. The van der Waals surface area contributed by atoms with Crippen molar-refractivity contribution in [2.75, 3.05) is 6.54 Å². The fourth-order valence-corrected chi connectivity index (χ4v) is 8.64. The molecule has 1 atom stereocenters. The average Bonchev–Trinajstić information content (AvgIpc) is 3.42. The number of aromatic nitrogens is 2. The number of alkyl halides is 2. The van der Waals surface area contributed by atoms with Crippen LogP contribution in [-0.4, -0.2) is 51.2 Å². The highest BCUT2D eigenvalue weighted by Crippen LogP contribution is 2.60. The first-order valence-corrected chi connectivity index (χ1v) is 18.7. The monoisotopic (exact) mass is 743 g/mol. The van der Waals surface area contributed by atoms with Gasteiger partial charge in [0.15, 0.2) is 11.2 Å². The highest BCUT2D eigenvalue weighted by atomic mass is 19.3. The normalized spacial score (nSPS) is 18.0. The van der Waals surface area contributed by atoms with Gasteiger partial charge in [0.2, 0.25) is 11.8 Å². The smallest absolute Gasteiger partial charge is 0.387 e. The Kier molecular flexibility index (Phi) is 8.67. The van der Waals surface area contributed by atoms with Crippen LogP contribution in [0, 0.1) is 30.6 Å². The third-order valence-electron chi connectivity index (χ3n) is 11.8. The van der Waals surface area contributed by atoms with Crippen molar-refractivity contribution in [2.45, 2.75) is 84.2 Å². The van der Waals surface area contributed by atoms with E-state index >= 15 is 0 Å². The number of nitrogens with zero attached hydrogens (tertiary/aromatic N) is 4. The number of carbonyl (C=O) groups is 1. The number of carboxylic acids is 1. The Labute approximate surface area is 315 Å². The molecular weight excluding hydrogens is 704 g/mol. The van der Waals surface area contributed by atoms with Crippen molar-refractivity contribution in [2.24, 2.45) is 5.41 Å². The van der Waals surface area contributed by atoms with E-state index in [9.17, 15) is 23.9 Å². The van der Waals surface area contributed by atoms with Gasteiger partial charge in [-0.25, -0.2) is 9.97 Å². The predicted molar refractivity (Wildman–Crippen MR) is 201 cm³/mol. The highest BCUT2D eigenvalue weighted by molar-refractivity contribution is 5.86. The van der Waals surface area contributed by atoms with Crippen molar-refractivity contribution in [3.8, 4) is 45.9 Å². The van der Waals surface area contributed by atoms with Gasteiger partial charge in [-0.05, 0) is 122 Å². The van der Waals surface area contributed by atoms with Crippen LogP contribution >= 0.6 is 0 Å². The minimum absolute atomic E-state index is 0.0758.